The smallest absolute Gasteiger partial charge is 0.0728 e. The molecule has 0 spiro atoms. The van der Waals surface area contributed by atoms with Crippen molar-refractivity contribution in [3.8, 4) is 11.1 Å². The molecule has 21 heavy (non-hydrogen) atoms. The highest BCUT2D eigenvalue weighted by atomic mass is 35.5. The first-order chi connectivity index (χ1) is 10.0. The molecule has 0 aliphatic heterocycles. The third-order valence-corrected chi connectivity index (χ3v) is 3.74. The van der Waals surface area contributed by atoms with E-state index < -0.39 is 0 Å². The number of aryl methyl sites for hydroxylation is 1. The molecule has 1 aromatic heterocycles. The van der Waals surface area contributed by atoms with E-state index in [0.717, 1.165) is 30.2 Å². The maximum absolute atomic E-state index is 6.22. The fraction of sp³-hybridized carbons (Fsp3) is 0.471. The Morgan fingerprint density at radius 3 is 2.71 bits per heavy atom. The van der Waals surface area contributed by atoms with Gasteiger partial charge in [0.1, 0.15) is 0 Å². The van der Waals surface area contributed by atoms with E-state index in [1.165, 1.54) is 16.7 Å². The summed E-state index contributed by atoms with van der Waals surface area (Å²) in [5.74, 6) is 0.386. The van der Waals surface area contributed by atoms with E-state index in [2.05, 4.69) is 43.4 Å². The highest BCUT2D eigenvalue weighted by Gasteiger charge is 2.16. The Balaban J connectivity index is 2.44. The van der Waals surface area contributed by atoms with Crippen molar-refractivity contribution in [2.45, 2.75) is 39.7 Å². The predicted molar refractivity (Wildman–Crippen MR) is 89.7 cm³/mol. The summed E-state index contributed by atoms with van der Waals surface area (Å²) in [7, 11) is 1.97. The van der Waals surface area contributed by atoms with Crippen molar-refractivity contribution in [2.24, 2.45) is 7.05 Å². The highest BCUT2D eigenvalue weighted by Crippen LogP contribution is 2.32. The second-order valence-electron chi connectivity index (χ2n) is 5.73. The van der Waals surface area contributed by atoms with Crippen LogP contribution >= 0.6 is 11.6 Å². The predicted octanol–water partition coefficient (Wildman–Crippen LogP) is 4.36. The van der Waals surface area contributed by atoms with Crippen LogP contribution in [0, 0.1) is 0 Å². The second-order valence-corrected chi connectivity index (χ2v) is 6.17. The molecule has 2 aromatic rings. The molecule has 4 heteroatoms. The van der Waals surface area contributed by atoms with Crippen LogP contribution in [0.1, 0.15) is 44.4 Å². The number of hydrogen-bond donors (Lipinski definition) is 1. The maximum atomic E-state index is 6.22. The summed E-state index contributed by atoms with van der Waals surface area (Å²) in [4.78, 5) is 0. The summed E-state index contributed by atoms with van der Waals surface area (Å²) in [5, 5.41) is 8.84. The zero-order valence-electron chi connectivity index (χ0n) is 13.3. The van der Waals surface area contributed by atoms with Crippen molar-refractivity contribution in [3.05, 3.63) is 40.7 Å². The molecule has 0 saturated carbocycles. The van der Waals surface area contributed by atoms with E-state index in [1.807, 2.05) is 23.9 Å². The number of aromatic nitrogens is 2. The molecule has 0 fully saturated rings. The largest absolute Gasteiger partial charge is 0.313 e. The minimum absolute atomic E-state index is 0.386. The lowest BCUT2D eigenvalue weighted by Gasteiger charge is -2.12. The first kappa shape index (κ1) is 16.1. The van der Waals surface area contributed by atoms with Crippen LogP contribution in [0.3, 0.4) is 0 Å². The minimum atomic E-state index is 0.386. The third-order valence-electron chi connectivity index (χ3n) is 3.51. The Morgan fingerprint density at radius 1 is 1.29 bits per heavy atom. The van der Waals surface area contributed by atoms with Crippen molar-refractivity contribution in [3.63, 3.8) is 0 Å². The zero-order valence-corrected chi connectivity index (χ0v) is 14.0. The van der Waals surface area contributed by atoms with E-state index in [9.17, 15) is 0 Å². The molecule has 114 valence electrons. The molecule has 1 heterocycles. The van der Waals surface area contributed by atoms with E-state index >= 15 is 0 Å². The Morgan fingerprint density at radius 2 is 2.05 bits per heavy atom. The summed E-state index contributed by atoms with van der Waals surface area (Å²) in [5.41, 5.74) is 4.76. The Bertz CT molecular complexity index is 602. The summed E-state index contributed by atoms with van der Waals surface area (Å²) in [6.07, 6.45) is 3.22. The summed E-state index contributed by atoms with van der Waals surface area (Å²) in [6, 6.07) is 6.12. The van der Waals surface area contributed by atoms with E-state index in [1.54, 1.807) is 0 Å². The molecule has 0 saturated heterocycles. The molecule has 0 unspecified atom stereocenters. The van der Waals surface area contributed by atoms with Crippen molar-refractivity contribution < 1.29 is 0 Å². The quantitative estimate of drug-likeness (QED) is 0.803. The number of rotatable bonds is 6. The summed E-state index contributed by atoms with van der Waals surface area (Å²) in [6.45, 7) is 8.39. The lowest BCUT2D eigenvalue weighted by atomic mass is 9.96. The van der Waals surface area contributed by atoms with Gasteiger partial charge in [0.2, 0.25) is 0 Å². The third kappa shape index (κ3) is 3.86. The van der Waals surface area contributed by atoms with E-state index in [4.69, 9.17) is 11.6 Å². The van der Waals surface area contributed by atoms with Crippen molar-refractivity contribution in [1.29, 1.82) is 0 Å². The van der Waals surface area contributed by atoms with E-state index in [0.29, 0.717) is 5.92 Å². The van der Waals surface area contributed by atoms with Crippen LogP contribution in [0.15, 0.2) is 24.4 Å². The van der Waals surface area contributed by atoms with Gasteiger partial charge in [-0.15, -0.1) is 0 Å². The molecule has 1 aromatic carbocycles. The first-order valence-corrected chi connectivity index (χ1v) is 7.93. The maximum Gasteiger partial charge on any atom is 0.0728 e. The Kier molecular flexibility index (Phi) is 5.43. The fourth-order valence-corrected chi connectivity index (χ4v) is 2.67. The van der Waals surface area contributed by atoms with Crippen LogP contribution in [0.25, 0.3) is 11.1 Å². The average Bonchev–Trinajstić information content (AvgIpc) is 2.83. The molecule has 0 bridgehead atoms. The number of hydrogen-bond acceptors (Lipinski definition) is 2. The molecular formula is C17H24ClN3. The standard InChI is InChI=1S/C17H24ClN3/c1-5-8-19-10-13-6-7-14(18)9-15(13)16-11-21(4)20-17(16)12(2)3/h6-7,9,11-12,19H,5,8,10H2,1-4H3. The van der Waals surface area contributed by atoms with Crippen LogP contribution < -0.4 is 5.32 Å². The highest BCUT2D eigenvalue weighted by molar-refractivity contribution is 6.30. The van der Waals surface area contributed by atoms with Gasteiger partial charge in [0.15, 0.2) is 0 Å². The van der Waals surface area contributed by atoms with Gasteiger partial charge in [0.25, 0.3) is 0 Å². The normalized spacial score (nSPS) is 11.3. The van der Waals surface area contributed by atoms with Gasteiger partial charge in [-0.2, -0.15) is 5.10 Å². The SMILES string of the molecule is CCCNCc1ccc(Cl)cc1-c1cn(C)nc1C(C)C. The zero-order chi connectivity index (χ0) is 15.4. The Hall–Kier alpha value is -1.32. The van der Waals surface area contributed by atoms with Crippen LogP contribution in [-0.2, 0) is 13.6 Å². The molecule has 0 radical (unpaired) electrons. The lowest BCUT2D eigenvalue weighted by Crippen LogP contribution is -2.14. The molecule has 0 atom stereocenters. The molecule has 0 aliphatic carbocycles. The summed E-state index contributed by atoms with van der Waals surface area (Å²) < 4.78 is 1.88. The average molecular weight is 306 g/mol. The van der Waals surface area contributed by atoms with Crippen molar-refractivity contribution in [2.75, 3.05) is 6.54 Å². The number of nitrogens with one attached hydrogen (secondary N) is 1. The van der Waals surface area contributed by atoms with Gasteiger partial charge < -0.3 is 5.32 Å². The van der Waals surface area contributed by atoms with Gasteiger partial charge in [-0.3, -0.25) is 4.68 Å². The molecule has 3 nitrogen and oxygen atoms in total. The van der Waals surface area contributed by atoms with Gasteiger partial charge in [-0.1, -0.05) is 38.4 Å². The monoisotopic (exact) mass is 305 g/mol. The van der Waals surface area contributed by atoms with Crippen LogP contribution in [0.4, 0.5) is 0 Å². The van der Waals surface area contributed by atoms with Crippen LogP contribution in [-0.4, -0.2) is 16.3 Å². The van der Waals surface area contributed by atoms with Crippen LogP contribution in [0.5, 0.6) is 0 Å². The van der Waals surface area contributed by atoms with Crippen molar-refractivity contribution >= 4 is 11.6 Å². The van der Waals surface area contributed by atoms with E-state index in [-0.39, 0.29) is 0 Å². The number of halogens is 1. The minimum Gasteiger partial charge on any atom is -0.313 e. The molecular weight excluding hydrogens is 282 g/mol. The molecule has 0 aliphatic rings. The lowest BCUT2D eigenvalue weighted by molar-refractivity contribution is 0.676. The van der Waals surface area contributed by atoms with Crippen molar-refractivity contribution in [1.82, 2.24) is 15.1 Å². The fourth-order valence-electron chi connectivity index (χ4n) is 2.49. The van der Waals surface area contributed by atoms with Gasteiger partial charge >= 0.3 is 0 Å². The van der Waals surface area contributed by atoms with Gasteiger partial charge in [0, 0.05) is 30.4 Å². The van der Waals surface area contributed by atoms with Gasteiger partial charge in [0.05, 0.1) is 5.69 Å². The summed E-state index contributed by atoms with van der Waals surface area (Å²) >= 11 is 6.22. The molecule has 1 N–H and O–H groups in total. The second kappa shape index (κ2) is 7.10. The molecule has 0 amide bonds. The topological polar surface area (TPSA) is 29.9 Å². The number of benzene rings is 1. The van der Waals surface area contributed by atoms with Gasteiger partial charge in [-0.25, -0.2) is 0 Å². The van der Waals surface area contributed by atoms with Gasteiger partial charge in [-0.05, 0) is 42.1 Å². The number of nitrogens with zero attached hydrogens (tertiary/aromatic N) is 2. The van der Waals surface area contributed by atoms with Crippen LogP contribution in [0.2, 0.25) is 5.02 Å². The Labute approximate surface area is 132 Å². The first-order valence-electron chi connectivity index (χ1n) is 7.56. The molecule has 2 rings (SSSR count).